The fraction of sp³-hybridized carbons (Fsp3) is 0.182. The first-order chi connectivity index (χ1) is 6.58. The highest BCUT2D eigenvalue weighted by atomic mass is 79.9. The summed E-state index contributed by atoms with van der Waals surface area (Å²) in [6.45, 7) is 4.08. The van der Waals surface area contributed by atoms with E-state index in [4.69, 9.17) is 12.2 Å². The summed E-state index contributed by atoms with van der Waals surface area (Å²) in [5.41, 5.74) is 3.39. The summed E-state index contributed by atoms with van der Waals surface area (Å²) in [5.74, 6) is 0. The highest BCUT2D eigenvalue weighted by molar-refractivity contribution is 9.10. The second-order valence-electron chi connectivity index (χ2n) is 3.49. The maximum Gasteiger partial charge on any atom is 0.0614 e. The number of H-pyrrole nitrogens is 1. The Hall–Kier alpha value is -0.670. The van der Waals surface area contributed by atoms with Gasteiger partial charge in [0.2, 0.25) is 0 Å². The standard InChI is InChI=1S/C11H10BrNS/c1-6-3-8-10(14)5-7(2)13-11(8)9(12)4-6/h3-5H,1-2H3,(H,13,14). The van der Waals surface area contributed by atoms with Crippen molar-refractivity contribution in [3.05, 3.63) is 38.4 Å². The number of hydrogen-bond donors (Lipinski definition) is 1. The Bertz CT molecular complexity index is 557. The minimum atomic E-state index is 0.903. The van der Waals surface area contributed by atoms with E-state index in [2.05, 4.69) is 40.0 Å². The number of pyridine rings is 1. The van der Waals surface area contributed by atoms with Crippen molar-refractivity contribution in [2.24, 2.45) is 0 Å². The van der Waals surface area contributed by atoms with Gasteiger partial charge in [-0.3, -0.25) is 0 Å². The highest BCUT2D eigenvalue weighted by Gasteiger charge is 2.02. The van der Waals surface area contributed by atoms with Crippen molar-refractivity contribution in [1.29, 1.82) is 0 Å². The van der Waals surface area contributed by atoms with Gasteiger partial charge in [0, 0.05) is 20.1 Å². The minimum absolute atomic E-state index is 0.903. The lowest BCUT2D eigenvalue weighted by Gasteiger charge is -2.05. The van der Waals surface area contributed by atoms with E-state index >= 15 is 0 Å². The molecule has 1 aromatic heterocycles. The summed E-state index contributed by atoms with van der Waals surface area (Å²) >= 11 is 8.86. The fourth-order valence-corrected chi connectivity index (χ4v) is 2.58. The number of fused-ring (bicyclic) bond motifs is 1. The molecule has 0 aliphatic heterocycles. The van der Waals surface area contributed by atoms with Gasteiger partial charge in [0.1, 0.15) is 0 Å². The fourth-order valence-electron chi connectivity index (χ4n) is 1.57. The minimum Gasteiger partial charge on any atom is -0.358 e. The Balaban J connectivity index is 3.02. The molecule has 1 nitrogen and oxygen atoms in total. The molecule has 3 heteroatoms. The van der Waals surface area contributed by atoms with Gasteiger partial charge < -0.3 is 4.98 Å². The number of hydrogen-bond acceptors (Lipinski definition) is 1. The van der Waals surface area contributed by atoms with Crippen LogP contribution in [0.4, 0.5) is 0 Å². The number of rotatable bonds is 0. The van der Waals surface area contributed by atoms with Gasteiger partial charge in [0.25, 0.3) is 0 Å². The molecule has 0 saturated heterocycles. The Morgan fingerprint density at radius 2 is 1.93 bits per heavy atom. The van der Waals surface area contributed by atoms with Gasteiger partial charge in [-0.25, -0.2) is 0 Å². The van der Waals surface area contributed by atoms with Crippen molar-refractivity contribution in [3.63, 3.8) is 0 Å². The predicted octanol–water partition coefficient (Wildman–Crippen LogP) is 4.28. The molecule has 0 aliphatic carbocycles. The Morgan fingerprint density at radius 3 is 2.64 bits per heavy atom. The largest absolute Gasteiger partial charge is 0.358 e. The Morgan fingerprint density at radius 1 is 1.21 bits per heavy atom. The molecule has 1 aromatic carbocycles. The van der Waals surface area contributed by atoms with Crippen molar-refractivity contribution in [1.82, 2.24) is 4.98 Å². The molecule has 0 amide bonds. The third-order valence-electron chi connectivity index (χ3n) is 2.17. The van der Waals surface area contributed by atoms with E-state index in [1.807, 2.05) is 13.0 Å². The first kappa shape index (κ1) is 9.87. The number of halogens is 1. The van der Waals surface area contributed by atoms with E-state index in [9.17, 15) is 0 Å². The van der Waals surface area contributed by atoms with Crippen molar-refractivity contribution < 1.29 is 0 Å². The monoisotopic (exact) mass is 267 g/mol. The second-order valence-corrected chi connectivity index (χ2v) is 4.78. The summed E-state index contributed by atoms with van der Waals surface area (Å²) in [7, 11) is 0. The van der Waals surface area contributed by atoms with Crippen molar-refractivity contribution in [2.45, 2.75) is 13.8 Å². The molecule has 0 unspecified atom stereocenters. The summed E-state index contributed by atoms with van der Waals surface area (Å²) in [6.07, 6.45) is 0. The van der Waals surface area contributed by atoms with Crippen LogP contribution in [-0.4, -0.2) is 4.98 Å². The lowest BCUT2D eigenvalue weighted by atomic mass is 10.1. The van der Waals surface area contributed by atoms with Crippen LogP contribution in [0, 0.1) is 18.4 Å². The summed E-state index contributed by atoms with van der Waals surface area (Å²) < 4.78 is 1.97. The first-order valence-electron chi connectivity index (χ1n) is 4.38. The van der Waals surface area contributed by atoms with E-state index in [0.29, 0.717) is 0 Å². The molecular formula is C11H10BrNS. The summed E-state index contributed by atoms with van der Waals surface area (Å²) in [5, 5.41) is 1.11. The average Bonchev–Trinajstić information content (AvgIpc) is 2.07. The molecule has 2 aromatic rings. The van der Waals surface area contributed by atoms with E-state index in [1.165, 1.54) is 5.56 Å². The zero-order chi connectivity index (χ0) is 10.3. The highest BCUT2D eigenvalue weighted by Crippen LogP contribution is 2.25. The van der Waals surface area contributed by atoms with Gasteiger partial charge in [-0.05, 0) is 53.5 Å². The third kappa shape index (κ3) is 1.62. The van der Waals surface area contributed by atoms with Crippen molar-refractivity contribution in [2.75, 3.05) is 0 Å². The normalized spacial score (nSPS) is 10.8. The molecule has 0 fully saturated rings. The zero-order valence-corrected chi connectivity index (χ0v) is 10.4. The van der Waals surface area contributed by atoms with Crippen molar-refractivity contribution in [3.8, 4) is 0 Å². The maximum atomic E-state index is 5.32. The molecule has 0 spiro atoms. The molecule has 1 N–H and O–H groups in total. The van der Waals surface area contributed by atoms with Gasteiger partial charge in [0.15, 0.2) is 0 Å². The van der Waals surface area contributed by atoms with Crippen LogP contribution >= 0.6 is 28.1 Å². The number of aromatic nitrogens is 1. The molecule has 14 heavy (non-hydrogen) atoms. The van der Waals surface area contributed by atoms with E-state index in [0.717, 1.165) is 25.6 Å². The van der Waals surface area contributed by atoms with Crippen LogP contribution in [0.15, 0.2) is 22.7 Å². The molecule has 72 valence electrons. The predicted molar refractivity (Wildman–Crippen MR) is 66.3 cm³/mol. The topological polar surface area (TPSA) is 15.8 Å². The van der Waals surface area contributed by atoms with E-state index < -0.39 is 0 Å². The second kappa shape index (κ2) is 3.48. The molecule has 0 aliphatic rings. The molecule has 0 saturated carbocycles. The van der Waals surface area contributed by atoms with Gasteiger partial charge in [-0.15, -0.1) is 0 Å². The number of nitrogens with one attached hydrogen (secondary N) is 1. The quantitative estimate of drug-likeness (QED) is 0.705. The summed E-state index contributed by atoms with van der Waals surface area (Å²) in [6, 6.07) is 6.19. The number of aryl methyl sites for hydroxylation is 2. The molecule has 0 radical (unpaired) electrons. The van der Waals surface area contributed by atoms with Crippen LogP contribution in [0.2, 0.25) is 0 Å². The van der Waals surface area contributed by atoms with E-state index in [1.54, 1.807) is 0 Å². The maximum absolute atomic E-state index is 5.32. The number of aromatic amines is 1. The smallest absolute Gasteiger partial charge is 0.0614 e. The molecule has 2 rings (SSSR count). The van der Waals surface area contributed by atoms with Gasteiger partial charge in [0.05, 0.1) is 5.52 Å². The molecule has 0 atom stereocenters. The van der Waals surface area contributed by atoms with Crippen LogP contribution in [-0.2, 0) is 0 Å². The Labute approximate surface area is 96.3 Å². The third-order valence-corrected chi connectivity index (χ3v) is 3.13. The van der Waals surface area contributed by atoms with Gasteiger partial charge in [-0.1, -0.05) is 12.2 Å². The molecule has 1 heterocycles. The SMILES string of the molecule is Cc1cc(Br)c2[nH]c(C)cc(=S)c2c1. The van der Waals surface area contributed by atoms with Crippen LogP contribution < -0.4 is 0 Å². The first-order valence-corrected chi connectivity index (χ1v) is 5.58. The van der Waals surface area contributed by atoms with E-state index in [-0.39, 0.29) is 0 Å². The Kier molecular flexibility index (Phi) is 2.45. The lowest BCUT2D eigenvalue weighted by molar-refractivity contribution is 1.24. The van der Waals surface area contributed by atoms with Crippen LogP contribution in [0.3, 0.4) is 0 Å². The van der Waals surface area contributed by atoms with Crippen LogP contribution in [0.5, 0.6) is 0 Å². The molecule has 0 bridgehead atoms. The lowest BCUT2D eigenvalue weighted by Crippen LogP contribution is -1.87. The van der Waals surface area contributed by atoms with Crippen LogP contribution in [0.1, 0.15) is 11.3 Å². The number of benzene rings is 1. The zero-order valence-electron chi connectivity index (χ0n) is 8.02. The summed E-state index contributed by atoms with van der Waals surface area (Å²) in [4.78, 5) is 3.31. The van der Waals surface area contributed by atoms with Crippen molar-refractivity contribution >= 4 is 39.1 Å². The van der Waals surface area contributed by atoms with Gasteiger partial charge in [-0.2, -0.15) is 0 Å². The average molecular weight is 268 g/mol. The van der Waals surface area contributed by atoms with Crippen LogP contribution in [0.25, 0.3) is 10.9 Å². The molecular weight excluding hydrogens is 258 g/mol. The van der Waals surface area contributed by atoms with Gasteiger partial charge >= 0.3 is 0 Å².